The molecule has 244 valence electrons. The smallest absolute Gasteiger partial charge is 0.231 e. The van der Waals surface area contributed by atoms with Crippen LogP contribution in [0.25, 0.3) is 75.4 Å². The van der Waals surface area contributed by atoms with Crippen LogP contribution in [-0.2, 0) is 0 Å². The Labute approximate surface area is 305 Å². The first-order valence-electron chi connectivity index (χ1n) is 17.8. The molecule has 3 heterocycles. The van der Waals surface area contributed by atoms with Crippen LogP contribution in [0.15, 0.2) is 176 Å². The summed E-state index contributed by atoms with van der Waals surface area (Å²) in [6.07, 6.45) is 9.02. The number of nitrogens with zero attached hydrogens (tertiary/aromatic N) is 3. The minimum atomic E-state index is 0.0646. The molecule has 0 saturated carbocycles. The van der Waals surface area contributed by atoms with Crippen LogP contribution < -0.4 is 4.90 Å². The van der Waals surface area contributed by atoms with Crippen LogP contribution in [0.4, 0.5) is 11.6 Å². The Morgan fingerprint density at radius 1 is 0.519 bits per heavy atom. The number of para-hydroxylation sites is 1. The van der Waals surface area contributed by atoms with E-state index in [9.17, 15) is 0 Å². The molecular formula is C48H31N3S. The molecule has 0 amide bonds. The Bertz CT molecular complexity index is 2920. The molecule has 0 bridgehead atoms. The van der Waals surface area contributed by atoms with Crippen LogP contribution in [0, 0.1) is 0 Å². The minimum Gasteiger partial charge on any atom is -0.302 e. The lowest BCUT2D eigenvalue weighted by Gasteiger charge is -2.27. The first-order valence-corrected chi connectivity index (χ1v) is 18.6. The molecule has 0 N–H and O–H groups in total. The molecule has 2 aromatic heterocycles. The molecule has 7 aromatic carbocycles. The second-order valence-corrected chi connectivity index (χ2v) is 14.8. The number of allylic oxidation sites excluding steroid dienone is 2. The maximum atomic E-state index is 5.40. The van der Waals surface area contributed by atoms with E-state index in [1.54, 1.807) is 0 Å². The second-order valence-electron chi connectivity index (χ2n) is 13.7. The number of hydrogen-bond acceptors (Lipinski definition) is 4. The van der Waals surface area contributed by atoms with Gasteiger partial charge in [0.25, 0.3) is 0 Å². The normalized spacial score (nSPS) is 16.3. The summed E-state index contributed by atoms with van der Waals surface area (Å²) in [6, 6.07) is 54.8. The van der Waals surface area contributed by atoms with Gasteiger partial charge in [-0.2, -0.15) is 0 Å². The van der Waals surface area contributed by atoms with Crippen LogP contribution in [0.3, 0.4) is 0 Å². The van der Waals surface area contributed by atoms with Gasteiger partial charge in [-0.15, -0.1) is 11.3 Å². The van der Waals surface area contributed by atoms with Crippen molar-refractivity contribution in [2.45, 2.75) is 12.0 Å². The molecule has 2 aliphatic rings. The number of hydrogen-bond donors (Lipinski definition) is 0. The first kappa shape index (κ1) is 29.4. The van der Waals surface area contributed by atoms with Crippen LogP contribution in [0.1, 0.15) is 11.5 Å². The standard InChI is InChI=1S/C48H31N3S/c1-2-11-30(12-3-1)31-21-24-33(25-22-31)46-38-14-4-7-18-41(38)49-48(50-46)51-42-19-8-5-15-39(42)45-40-29-34(26-23-32(40)27-28-43(45)51)35-16-10-17-37-36-13-6-9-20-44(36)52-47(35)37/h1-29,39,42H. The molecule has 4 heteroatoms. The monoisotopic (exact) mass is 681 g/mol. The molecule has 0 radical (unpaired) electrons. The van der Waals surface area contributed by atoms with Crippen molar-refractivity contribution in [3.63, 3.8) is 0 Å². The molecular weight excluding hydrogens is 651 g/mol. The Balaban J connectivity index is 1.08. The van der Waals surface area contributed by atoms with Gasteiger partial charge in [-0.05, 0) is 62.9 Å². The van der Waals surface area contributed by atoms with Gasteiger partial charge in [-0.1, -0.05) is 152 Å². The van der Waals surface area contributed by atoms with Gasteiger partial charge in [-0.3, -0.25) is 0 Å². The van der Waals surface area contributed by atoms with E-state index >= 15 is 0 Å². The Morgan fingerprint density at radius 2 is 1.23 bits per heavy atom. The SMILES string of the molecule is C1=CC2c3c(ccc4ccc(-c5cccc6c5sc5ccccc56)cc34)N(c3nc(-c4ccc(-c5ccccc5)cc4)c4ccccc4n3)C2C=C1. The van der Waals surface area contributed by atoms with Crippen molar-refractivity contribution in [2.24, 2.45) is 0 Å². The summed E-state index contributed by atoms with van der Waals surface area (Å²) in [5.74, 6) is 0.892. The third kappa shape index (κ3) is 4.51. The Hall–Kier alpha value is -6.36. The first-order chi connectivity index (χ1) is 25.8. The van der Waals surface area contributed by atoms with Crippen LogP contribution in [-0.4, -0.2) is 16.0 Å². The van der Waals surface area contributed by atoms with Crippen molar-refractivity contribution >= 4 is 64.8 Å². The average Bonchev–Trinajstić information content (AvgIpc) is 3.77. The topological polar surface area (TPSA) is 29.0 Å². The van der Waals surface area contributed by atoms with Crippen molar-refractivity contribution in [2.75, 3.05) is 4.90 Å². The zero-order chi connectivity index (χ0) is 34.2. The molecule has 1 aliphatic carbocycles. The predicted molar refractivity (Wildman–Crippen MR) is 220 cm³/mol. The third-order valence-electron chi connectivity index (χ3n) is 10.8. The van der Waals surface area contributed by atoms with Crippen molar-refractivity contribution in [1.29, 1.82) is 0 Å². The number of rotatable bonds is 4. The van der Waals surface area contributed by atoms with E-state index in [0.29, 0.717) is 0 Å². The zero-order valence-corrected chi connectivity index (χ0v) is 29.0. The highest BCUT2D eigenvalue weighted by Crippen LogP contribution is 2.51. The number of anilines is 2. The number of aromatic nitrogens is 2. The molecule has 9 aromatic rings. The van der Waals surface area contributed by atoms with E-state index in [1.807, 2.05) is 11.3 Å². The summed E-state index contributed by atoms with van der Waals surface area (Å²) in [5.41, 5.74) is 10.4. The lowest BCUT2D eigenvalue weighted by Crippen LogP contribution is -2.30. The largest absolute Gasteiger partial charge is 0.302 e. The van der Waals surface area contributed by atoms with Crippen LogP contribution in [0.5, 0.6) is 0 Å². The van der Waals surface area contributed by atoms with Gasteiger partial charge in [0.05, 0.1) is 17.3 Å². The highest BCUT2D eigenvalue weighted by molar-refractivity contribution is 7.26. The lowest BCUT2D eigenvalue weighted by atomic mass is 9.87. The lowest BCUT2D eigenvalue weighted by molar-refractivity contribution is 0.733. The van der Waals surface area contributed by atoms with E-state index in [-0.39, 0.29) is 12.0 Å². The number of thiophene rings is 1. The number of fused-ring (bicyclic) bond motifs is 9. The molecule has 0 spiro atoms. The molecule has 3 nitrogen and oxygen atoms in total. The molecule has 2 atom stereocenters. The molecule has 1 aliphatic heterocycles. The number of benzene rings is 7. The van der Waals surface area contributed by atoms with E-state index < -0.39 is 0 Å². The molecule has 0 fully saturated rings. The summed E-state index contributed by atoms with van der Waals surface area (Å²) in [4.78, 5) is 13.0. The van der Waals surface area contributed by atoms with Gasteiger partial charge < -0.3 is 4.90 Å². The van der Waals surface area contributed by atoms with Crippen molar-refractivity contribution < 1.29 is 0 Å². The summed E-state index contributed by atoms with van der Waals surface area (Å²) in [7, 11) is 0. The maximum Gasteiger partial charge on any atom is 0.231 e. The van der Waals surface area contributed by atoms with Crippen LogP contribution >= 0.6 is 11.3 Å². The third-order valence-corrected chi connectivity index (χ3v) is 12.0. The molecule has 52 heavy (non-hydrogen) atoms. The minimum absolute atomic E-state index is 0.0646. The molecule has 0 saturated heterocycles. The van der Waals surface area contributed by atoms with E-state index in [1.165, 1.54) is 58.8 Å². The van der Waals surface area contributed by atoms with Gasteiger partial charge >= 0.3 is 0 Å². The fourth-order valence-corrected chi connectivity index (χ4v) is 9.63. The molecule has 11 rings (SSSR count). The highest BCUT2D eigenvalue weighted by atomic mass is 32.1. The zero-order valence-electron chi connectivity index (χ0n) is 28.1. The van der Waals surface area contributed by atoms with Gasteiger partial charge in [0.1, 0.15) is 0 Å². The highest BCUT2D eigenvalue weighted by Gasteiger charge is 2.40. The average molecular weight is 682 g/mol. The van der Waals surface area contributed by atoms with Crippen molar-refractivity contribution in [3.8, 4) is 33.5 Å². The Morgan fingerprint density at radius 3 is 2.13 bits per heavy atom. The van der Waals surface area contributed by atoms with Crippen LogP contribution in [0.2, 0.25) is 0 Å². The van der Waals surface area contributed by atoms with E-state index in [4.69, 9.17) is 9.97 Å². The quantitative estimate of drug-likeness (QED) is 0.185. The van der Waals surface area contributed by atoms with Gasteiger partial charge in [0.15, 0.2) is 0 Å². The van der Waals surface area contributed by atoms with Crippen molar-refractivity contribution in [1.82, 2.24) is 9.97 Å². The van der Waals surface area contributed by atoms with Gasteiger partial charge in [0.2, 0.25) is 5.95 Å². The van der Waals surface area contributed by atoms with Gasteiger partial charge in [0, 0.05) is 42.7 Å². The van der Waals surface area contributed by atoms with Crippen molar-refractivity contribution in [3.05, 3.63) is 182 Å². The molecule has 2 unspecified atom stereocenters. The fraction of sp³-hybridized carbons (Fsp3) is 0.0417. The summed E-state index contributed by atoms with van der Waals surface area (Å²) >= 11 is 1.88. The maximum absolute atomic E-state index is 5.40. The Kier molecular flexibility index (Phi) is 6.55. The summed E-state index contributed by atoms with van der Waals surface area (Å²) in [5, 5.41) is 6.22. The summed E-state index contributed by atoms with van der Waals surface area (Å²) < 4.78 is 2.66. The van der Waals surface area contributed by atoms with Gasteiger partial charge in [-0.25, -0.2) is 9.97 Å². The van der Waals surface area contributed by atoms with E-state index in [2.05, 4.69) is 181 Å². The fourth-order valence-electron chi connectivity index (χ4n) is 8.39. The second kappa shape index (κ2) is 11.6. The predicted octanol–water partition coefficient (Wildman–Crippen LogP) is 12.9. The van der Waals surface area contributed by atoms with E-state index in [0.717, 1.165) is 33.8 Å². The summed E-state index contributed by atoms with van der Waals surface area (Å²) in [6.45, 7) is 0.